The van der Waals surface area contributed by atoms with E-state index in [1.165, 1.54) is 5.56 Å². The van der Waals surface area contributed by atoms with E-state index in [0.717, 1.165) is 58.1 Å². The van der Waals surface area contributed by atoms with Crippen molar-refractivity contribution in [2.24, 2.45) is 4.99 Å². The van der Waals surface area contributed by atoms with Gasteiger partial charge in [-0.2, -0.15) is 0 Å². The molecule has 158 valence electrons. The van der Waals surface area contributed by atoms with Crippen LogP contribution in [0.25, 0.3) is 0 Å². The number of nitrogens with one attached hydrogen (secondary N) is 2. The van der Waals surface area contributed by atoms with Crippen LogP contribution in [0.15, 0.2) is 35.3 Å². The summed E-state index contributed by atoms with van der Waals surface area (Å²) in [7, 11) is 2.14. The van der Waals surface area contributed by atoms with Crippen molar-refractivity contribution in [2.45, 2.75) is 45.7 Å². The summed E-state index contributed by atoms with van der Waals surface area (Å²) in [5, 5.41) is 6.69. The van der Waals surface area contributed by atoms with Gasteiger partial charge >= 0.3 is 0 Å². The Morgan fingerprint density at radius 1 is 1.29 bits per heavy atom. The van der Waals surface area contributed by atoms with Crippen LogP contribution in [0, 0.1) is 0 Å². The number of amides is 1. The summed E-state index contributed by atoms with van der Waals surface area (Å²) in [6.07, 6.45) is 2.66. The minimum absolute atomic E-state index is 0. The molecule has 0 spiro atoms. The topological polar surface area (TPSA) is 60.0 Å². The zero-order valence-electron chi connectivity index (χ0n) is 17.5. The fourth-order valence-corrected chi connectivity index (χ4v) is 3.15. The van der Waals surface area contributed by atoms with Crippen LogP contribution in [0.4, 0.5) is 0 Å². The molecule has 1 aromatic rings. The largest absolute Gasteiger partial charge is 0.357 e. The van der Waals surface area contributed by atoms with Gasteiger partial charge in [0, 0.05) is 45.2 Å². The van der Waals surface area contributed by atoms with Crippen LogP contribution < -0.4 is 10.6 Å². The Labute approximate surface area is 187 Å². The lowest BCUT2D eigenvalue weighted by molar-refractivity contribution is -0.127. The van der Waals surface area contributed by atoms with E-state index in [2.05, 4.69) is 60.7 Å². The first kappa shape index (κ1) is 24.7. The molecular weight excluding hydrogens is 465 g/mol. The molecule has 1 aliphatic heterocycles. The minimum Gasteiger partial charge on any atom is -0.357 e. The molecule has 0 bridgehead atoms. The van der Waals surface area contributed by atoms with E-state index in [4.69, 9.17) is 4.99 Å². The minimum atomic E-state index is 0. The van der Waals surface area contributed by atoms with Crippen LogP contribution in [-0.2, 0) is 11.3 Å². The smallest absolute Gasteiger partial charge is 0.222 e. The second kappa shape index (κ2) is 13.8. The second-order valence-electron chi connectivity index (χ2n) is 7.23. The van der Waals surface area contributed by atoms with E-state index in [1.807, 2.05) is 11.0 Å². The fourth-order valence-electron chi connectivity index (χ4n) is 3.15. The SMILES string of the molecule is CCNC(=NCC(C)N(C)Cc1ccccc1)NCCCN1CCCC1=O.I. The van der Waals surface area contributed by atoms with Crippen LogP contribution in [0.1, 0.15) is 38.7 Å². The summed E-state index contributed by atoms with van der Waals surface area (Å²) in [4.78, 5) is 20.7. The molecule has 0 saturated carbocycles. The Morgan fingerprint density at radius 3 is 2.68 bits per heavy atom. The van der Waals surface area contributed by atoms with Crippen molar-refractivity contribution in [1.29, 1.82) is 0 Å². The van der Waals surface area contributed by atoms with Crippen molar-refractivity contribution in [3.63, 3.8) is 0 Å². The highest BCUT2D eigenvalue weighted by Crippen LogP contribution is 2.09. The van der Waals surface area contributed by atoms with E-state index in [-0.39, 0.29) is 24.0 Å². The van der Waals surface area contributed by atoms with Crippen molar-refractivity contribution >= 4 is 35.8 Å². The molecule has 1 unspecified atom stereocenters. The zero-order valence-corrected chi connectivity index (χ0v) is 19.8. The highest BCUT2D eigenvalue weighted by atomic mass is 127. The van der Waals surface area contributed by atoms with Crippen molar-refractivity contribution in [2.75, 3.05) is 39.8 Å². The molecule has 0 aliphatic carbocycles. The number of rotatable bonds is 10. The number of halogens is 1. The molecule has 0 radical (unpaired) electrons. The summed E-state index contributed by atoms with van der Waals surface area (Å²) in [6, 6.07) is 10.9. The number of carbonyl (C=O) groups is 1. The molecule has 1 saturated heterocycles. The standard InChI is InChI=1S/C21H35N5O.HI/c1-4-22-21(23-13-9-15-26-14-8-12-20(26)27)24-16-18(2)25(3)17-19-10-6-5-7-11-19;/h5-7,10-11,18H,4,8-9,12-17H2,1-3H3,(H2,22,23,24);1H. The van der Waals surface area contributed by atoms with Gasteiger partial charge in [-0.15, -0.1) is 24.0 Å². The van der Waals surface area contributed by atoms with Gasteiger partial charge in [-0.25, -0.2) is 0 Å². The molecule has 2 N–H and O–H groups in total. The Bertz CT molecular complexity index is 596. The fraction of sp³-hybridized carbons (Fsp3) is 0.619. The van der Waals surface area contributed by atoms with Crippen LogP contribution in [0.3, 0.4) is 0 Å². The maximum Gasteiger partial charge on any atom is 0.222 e. The van der Waals surface area contributed by atoms with Crippen LogP contribution in [0.5, 0.6) is 0 Å². The Morgan fingerprint density at radius 2 is 2.04 bits per heavy atom. The predicted molar refractivity (Wildman–Crippen MR) is 127 cm³/mol. The maximum atomic E-state index is 11.6. The zero-order chi connectivity index (χ0) is 19.5. The first-order chi connectivity index (χ1) is 13.1. The van der Waals surface area contributed by atoms with Gasteiger partial charge in [0.05, 0.1) is 6.54 Å². The highest BCUT2D eigenvalue weighted by Gasteiger charge is 2.19. The lowest BCUT2D eigenvalue weighted by atomic mass is 10.2. The predicted octanol–water partition coefficient (Wildman–Crippen LogP) is 2.69. The molecular formula is C21H36IN5O. The highest BCUT2D eigenvalue weighted by molar-refractivity contribution is 14.0. The van der Waals surface area contributed by atoms with E-state index in [1.54, 1.807) is 0 Å². The van der Waals surface area contributed by atoms with E-state index >= 15 is 0 Å². The van der Waals surface area contributed by atoms with Gasteiger partial charge in [-0.05, 0) is 39.3 Å². The number of aliphatic imine (C=N–C) groups is 1. The summed E-state index contributed by atoms with van der Waals surface area (Å²) in [5.41, 5.74) is 1.32. The third-order valence-corrected chi connectivity index (χ3v) is 4.95. The second-order valence-corrected chi connectivity index (χ2v) is 7.23. The van der Waals surface area contributed by atoms with Gasteiger partial charge < -0.3 is 15.5 Å². The monoisotopic (exact) mass is 501 g/mol. The van der Waals surface area contributed by atoms with Crippen molar-refractivity contribution < 1.29 is 4.79 Å². The van der Waals surface area contributed by atoms with Gasteiger partial charge in [0.1, 0.15) is 0 Å². The lowest BCUT2D eigenvalue weighted by Crippen LogP contribution is -2.40. The van der Waals surface area contributed by atoms with Gasteiger partial charge in [-0.3, -0.25) is 14.7 Å². The van der Waals surface area contributed by atoms with E-state index < -0.39 is 0 Å². The van der Waals surface area contributed by atoms with Gasteiger partial charge in [-0.1, -0.05) is 30.3 Å². The molecule has 1 aromatic carbocycles. The Balaban J connectivity index is 0.00000392. The number of guanidine groups is 1. The molecule has 7 heteroatoms. The summed E-state index contributed by atoms with van der Waals surface area (Å²) < 4.78 is 0. The quantitative estimate of drug-likeness (QED) is 0.224. The number of hydrogen-bond donors (Lipinski definition) is 2. The van der Waals surface area contributed by atoms with Gasteiger partial charge in [0.15, 0.2) is 5.96 Å². The number of likely N-dealkylation sites (tertiary alicyclic amines) is 1. The molecule has 28 heavy (non-hydrogen) atoms. The molecule has 1 heterocycles. The maximum absolute atomic E-state index is 11.6. The van der Waals surface area contributed by atoms with E-state index in [9.17, 15) is 4.79 Å². The first-order valence-corrected chi connectivity index (χ1v) is 10.1. The normalized spacial score (nSPS) is 15.5. The Hall–Kier alpha value is -1.35. The van der Waals surface area contributed by atoms with Crippen molar-refractivity contribution in [1.82, 2.24) is 20.4 Å². The third kappa shape index (κ3) is 8.77. The number of benzene rings is 1. The van der Waals surface area contributed by atoms with Crippen molar-refractivity contribution in [3.8, 4) is 0 Å². The van der Waals surface area contributed by atoms with Gasteiger partial charge in [0.25, 0.3) is 0 Å². The number of hydrogen-bond acceptors (Lipinski definition) is 3. The molecule has 6 nitrogen and oxygen atoms in total. The first-order valence-electron chi connectivity index (χ1n) is 10.1. The van der Waals surface area contributed by atoms with Gasteiger partial charge in [0.2, 0.25) is 5.91 Å². The Kier molecular flexibility index (Phi) is 12.1. The summed E-state index contributed by atoms with van der Waals surface area (Å²) in [6.45, 7) is 9.35. The number of carbonyl (C=O) groups excluding carboxylic acids is 1. The average Bonchev–Trinajstić information content (AvgIpc) is 3.08. The molecule has 1 atom stereocenters. The summed E-state index contributed by atoms with van der Waals surface area (Å²) in [5.74, 6) is 1.15. The van der Waals surface area contributed by atoms with Crippen molar-refractivity contribution in [3.05, 3.63) is 35.9 Å². The molecule has 1 aliphatic rings. The number of likely N-dealkylation sites (N-methyl/N-ethyl adjacent to an activating group) is 1. The lowest BCUT2D eigenvalue weighted by Gasteiger charge is -2.24. The summed E-state index contributed by atoms with van der Waals surface area (Å²) >= 11 is 0. The number of nitrogens with zero attached hydrogens (tertiary/aromatic N) is 3. The van der Waals surface area contributed by atoms with Crippen LogP contribution >= 0.6 is 24.0 Å². The third-order valence-electron chi connectivity index (χ3n) is 4.95. The van der Waals surface area contributed by atoms with E-state index in [0.29, 0.717) is 18.4 Å². The average molecular weight is 501 g/mol. The van der Waals surface area contributed by atoms with Crippen LogP contribution in [-0.4, -0.2) is 67.5 Å². The van der Waals surface area contributed by atoms with Crippen LogP contribution in [0.2, 0.25) is 0 Å². The molecule has 2 rings (SSSR count). The molecule has 1 amide bonds. The molecule has 0 aromatic heterocycles. The molecule has 1 fully saturated rings.